The predicted molar refractivity (Wildman–Crippen MR) is 110 cm³/mol. The van der Waals surface area contributed by atoms with Crippen molar-refractivity contribution in [1.82, 2.24) is 5.32 Å². The number of nitrogens with two attached hydrogens (primary N) is 1. The van der Waals surface area contributed by atoms with Crippen LogP contribution >= 0.6 is 0 Å². The largest absolute Gasteiger partial charge is 0.480 e. The molecule has 1 amide bonds. The first-order valence-corrected chi connectivity index (χ1v) is 9.48. The number of nitrogens with one attached hydrogen (secondary N) is 1. The van der Waals surface area contributed by atoms with Gasteiger partial charge in [0.25, 0.3) is 0 Å². The Morgan fingerprint density at radius 2 is 1.52 bits per heavy atom. The molecule has 2 aromatic carbocycles. The summed E-state index contributed by atoms with van der Waals surface area (Å²) in [6.45, 7) is 2.37. The zero-order chi connectivity index (χ0) is 23.0. The van der Waals surface area contributed by atoms with Gasteiger partial charge in [-0.2, -0.15) is 0 Å². The Kier molecular flexibility index (Phi) is 8.27. The summed E-state index contributed by atoms with van der Waals surface area (Å²) in [5.74, 6) is -3.11. The van der Waals surface area contributed by atoms with Gasteiger partial charge in [-0.1, -0.05) is 36.4 Å². The Labute approximate surface area is 179 Å². The molecule has 0 aliphatic rings. The summed E-state index contributed by atoms with van der Waals surface area (Å²) in [4.78, 5) is 46.7. The first-order chi connectivity index (χ1) is 14.7. The van der Waals surface area contributed by atoms with E-state index in [4.69, 9.17) is 15.2 Å². The number of carbonyl (C=O) groups is 4. The van der Waals surface area contributed by atoms with Crippen molar-refractivity contribution in [1.29, 1.82) is 0 Å². The van der Waals surface area contributed by atoms with Gasteiger partial charge in [0.2, 0.25) is 5.91 Å². The Morgan fingerprint density at radius 3 is 2.10 bits per heavy atom. The molecule has 31 heavy (non-hydrogen) atoms. The number of benzene rings is 2. The lowest BCUT2D eigenvalue weighted by Crippen LogP contribution is -2.50. The van der Waals surface area contributed by atoms with Crippen molar-refractivity contribution in [3.8, 4) is 11.5 Å². The third kappa shape index (κ3) is 7.56. The molecule has 0 spiro atoms. The van der Waals surface area contributed by atoms with Crippen LogP contribution in [0.25, 0.3) is 0 Å². The molecule has 0 saturated heterocycles. The minimum atomic E-state index is -1.26. The predicted octanol–water partition coefficient (Wildman–Crippen LogP) is 1.22. The quantitative estimate of drug-likeness (QED) is 0.399. The van der Waals surface area contributed by atoms with E-state index in [0.717, 1.165) is 5.56 Å². The molecule has 9 heteroatoms. The highest BCUT2D eigenvalue weighted by Gasteiger charge is 2.24. The molecular formula is C22H24N2O7. The van der Waals surface area contributed by atoms with Crippen molar-refractivity contribution in [3.05, 3.63) is 59.7 Å². The van der Waals surface area contributed by atoms with Crippen LogP contribution < -0.4 is 20.5 Å². The normalized spacial score (nSPS) is 12.4. The average Bonchev–Trinajstić information content (AvgIpc) is 2.69. The summed E-state index contributed by atoms with van der Waals surface area (Å²) in [7, 11) is 0. The molecule has 0 radical (unpaired) electrons. The summed E-state index contributed by atoms with van der Waals surface area (Å²) < 4.78 is 10.0. The maximum atomic E-state index is 12.4. The molecule has 2 atom stereocenters. The molecule has 9 nitrogen and oxygen atoms in total. The van der Waals surface area contributed by atoms with Crippen molar-refractivity contribution in [3.63, 3.8) is 0 Å². The number of rotatable bonds is 9. The lowest BCUT2D eigenvalue weighted by molar-refractivity contribution is -0.142. The second-order valence-electron chi connectivity index (χ2n) is 6.87. The number of aliphatic carboxylic acids is 1. The van der Waals surface area contributed by atoms with E-state index in [1.807, 2.05) is 30.3 Å². The van der Waals surface area contributed by atoms with Gasteiger partial charge in [-0.15, -0.1) is 0 Å². The van der Waals surface area contributed by atoms with Crippen LogP contribution in [0.4, 0.5) is 0 Å². The molecule has 2 rings (SSSR count). The van der Waals surface area contributed by atoms with Gasteiger partial charge in [-0.3, -0.25) is 14.4 Å². The molecule has 0 saturated carbocycles. The van der Waals surface area contributed by atoms with E-state index in [9.17, 15) is 24.3 Å². The van der Waals surface area contributed by atoms with Crippen LogP contribution in [0, 0.1) is 0 Å². The Balaban J connectivity index is 2.13. The lowest BCUT2D eigenvalue weighted by Gasteiger charge is -2.19. The van der Waals surface area contributed by atoms with Gasteiger partial charge in [0, 0.05) is 20.3 Å². The zero-order valence-electron chi connectivity index (χ0n) is 17.2. The number of carboxylic acid groups (broad SMARTS) is 1. The number of hydrogen-bond donors (Lipinski definition) is 3. The third-order valence-electron chi connectivity index (χ3n) is 4.21. The molecular weight excluding hydrogens is 404 g/mol. The standard InChI is InChI=1S/C22H24N2O7/c1-13(25)30-19-9-8-16(12-20(19)31-14(2)26)11-18(22(28)29)24-21(27)17(23)10-15-6-4-3-5-7-15/h3-9,12,17-18H,10-11,23H2,1-2H3,(H,24,27)(H,28,29)/t17-,18+/m1/s1. The molecule has 0 unspecified atom stereocenters. The zero-order valence-corrected chi connectivity index (χ0v) is 17.2. The van der Waals surface area contributed by atoms with E-state index in [2.05, 4.69) is 5.32 Å². The van der Waals surface area contributed by atoms with Gasteiger partial charge >= 0.3 is 17.9 Å². The third-order valence-corrected chi connectivity index (χ3v) is 4.21. The van der Waals surface area contributed by atoms with Crippen LogP contribution in [0.2, 0.25) is 0 Å². The number of amides is 1. The van der Waals surface area contributed by atoms with E-state index in [1.165, 1.54) is 32.0 Å². The van der Waals surface area contributed by atoms with Crippen molar-refractivity contribution in [2.75, 3.05) is 0 Å². The first kappa shape index (κ1) is 23.6. The van der Waals surface area contributed by atoms with Crippen molar-refractivity contribution in [2.45, 2.75) is 38.8 Å². The summed E-state index contributed by atoms with van der Waals surface area (Å²) in [6, 6.07) is 11.2. The van der Waals surface area contributed by atoms with E-state index in [0.29, 0.717) is 5.56 Å². The fourth-order valence-electron chi connectivity index (χ4n) is 2.83. The van der Waals surface area contributed by atoms with Gasteiger partial charge in [-0.25, -0.2) is 4.79 Å². The minimum absolute atomic E-state index is 0.0206. The SMILES string of the molecule is CC(=O)Oc1ccc(C[C@H](NC(=O)[C@H](N)Cc2ccccc2)C(=O)O)cc1OC(C)=O. The van der Waals surface area contributed by atoms with Gasteiger partial charge < -0.3 is 25.6 Å². The molecule has 0 bridgehead atoms. The molecule has 0 aliphatic carbocycles. The van der Waals surface area contributed by atoms with Gasteiger partial charge in [0.15, 0.2) is 11.5 Å². The topological polar surface area (TPSA) is 145 Å². The molecule has 0 aliphatic heterocycles. The van der Waals surface area contributed by atoms with Crippen molar-refractivity contribution >= 4 is 23.8 Å². The first-order valence-electron chi connectivity index (χ1n) is 9.48. The average molecular weight is 428 g/mol. The van der Waals surface area contributed by atoms with Crippen LogP contribution in [-0.4, -0.2) is 41.0 Å². The number of carboxylic acids is 1. The summed E-state index contributed by atoms with van der Waals surface area (Å²) in [5, 5.41) is 12.0. The minimum Gasteiger partial charge on any atom is -0.480 e. The smallest absolute Gasteiger partial charge is 0.326 e. The van der Waals surface area contributed by atoms with Crippen LogP contribution in [-0.2, 0) is 32.0 Å². The monoisotopic (exact) mass is 428 g/mol. The fourth-order valence-corrected chi connectivity index (χ4v) is 2.83. The second-order valence-corrected chi connectivity index (χ2v) is 6.87. The number of carbonyl (C=O) groups excluding carboxylic acids is 3. The maximum absolute atomic E-state index is 12.4. The van der Waals surface area contributed by atoms with Crippen LogP contribution in [0.3, 0.4) is 0 Å². The fraction of sp³-hybridized carbons (Fsp3) is 0.273. The van der Waals surface area contributed by atoms with Crippen LogP contribution in [0.15, 0.2) is 48.5 Å². The maximum Gasteiger partial charge on any atom is 0.326 e. The molecule has 0 fully saturated rings. The molecule has 4 N–H and O–H groups in total. The molecule has 2 aromatic rings. The highest BCUT2D eigenvalue weighted by molar-refractivity contribution is 5.87. The second kappa shape index (κ2) is 10.9. The van der Waals surface area contributed by atoms with Gasteiger partial charge in [0.05, 0.1) is 6.04 Å². The highest BCUT2D eigenvalue weighted by atomic mass is 16.6. The number of esters is 2. The summed E-state index contributed by atoms with van der Waals surface area (Å²) in [6.07, 6.45) is 0.153. The van der Waals surface area contributed by atoms with Crippen LogP contribution in [0.1, 0.15) is 25.0 Å². The van der Waals surface area contributed by atoms with Gasteiger partial charge in [0.1, 0.15) is 6.04 Å². The lowest BCUT2D eigenvalue weighted by atomic mass is 10.0. The molecule has 164 valence electrons. The highest BCUT2D eigenvalue weighted by Crippen LogP contribution is 2.29. The Morgan fingerprint density at radius 1 is 0.903 bits per heavy atom. The van der Waals surface area contributed by atoms with E-state index >= 15 is 0 Å². The number of hydrogen-bond acceptors (Lipinski definition) is 7. The van der Waals surface area contributed by atoms with E-state index in [-0.39, 0.29) is 24.3 Å². The summed E-state index contributed by atoms with van der Waals surface area (Å²) in [5.41, 5.74) is 7.22. The number of ether oxygens (including phenoxy) is 2. The van der Waals surface area contributed by atoms with E-state index < -0.39 is 35.9 Å². The van der Waals surface area contributed by atoms with Crippen molar-refractivity contribution in [2.24, 2.45) is 5.73 Å². The van der Waals surface area contributed by atoms with Crippen molar-refractivity contribution < 1.29 is 33.8 Å². The summed E-state index contributed by atoms with van der Waals surface area (Å²) >= 11 is 0. The van der Waals surface area contributed by atoms with E-state index in [1.54, 1.807) is 0 Å². The molecule has 0 heterocycles. The van der Waals surface area contributed by atoms with Gasteiger partial charge in [-0.05, 0) is 29.7 Å². The van der Waals surface area contributed by atoms with Crippen LogP contribution in [0.5, 0.6) is 11.5 Å². The Bertz CT molecular complexity index is 960. The molecule has 0 aromatic heterocycles. The Hall–Kier alpha value is -3.72.